The van der Waals surface area contributed by atoms with E-state index in [-0.39, 0.29) is 18.1 Å². The molecule has 1 N–H and O–H groups in total. The summed E-state index contributed by atoms with van der Waals surface area (Å²) in [6, 6.07) is 5.62. The summed E-state index contributed by atoms with van der Waals surface area (Å²) in [6.07, 6.45) is -0.0522. The number of aryl methyl sites for hydroxylation is 1. The van der Waals surface area contributed by atoms with Crippen LogP contribution in [0.3, 0.4) is 0 Å². The lowest BCUT2D eigenvalue weighted by Gasteiger charge is -2.32. The minimum atomic E-state index is -0.154. The normalized spacial score (nSPS) is 28.0. The standard InChI is InChI=1S/C13H15ClN2O2/c1-8-6-9(14)2-3-10(8)12-15-13(17)11-7-18-5-4-16(11)12/h2-3,6,11-12H,4-5,7H2,1H3,(H,15,17)/t11-,12+/m1/s1. The van der Waals surface area contributed by atoms with Crippen molar-refractivity contribution in [2.24, 2.45) is 0 Å². The number of amides is 1. The van der Waals surface area contributed by atoms with Crippen molar-refractivity contribution in [3.8, 4) is 0 Å². The number of benzene rings is 1. The van der Waals surface area contributed by atoms with Crippen LogP contribution in [0.25, 0.3) is 0 Å². The van der Waals surface area contributed by atoms with Crippen LogP contribution in [0.5, 0.6) is 0 Å². The Hall–Kier alpha value is -1.10. The first-order chi connectivity index (χ1) is 8.66. The van der Waals surface area contributed by atoms with Crippen molar-refractivity contribution in [3.63, 3.8) is 0 Å². The number of fused-ring (bicyclic) bond motifs is 1. The van der Waals surface area contributed by atoms with Crippen LogP contribution in [0.2, 0.25) is 5.02 Å². The molecule has 3 rings (SSSR count). The highest BCUT2D eigenvalue weighted by Gasteiger charge is 2.42. The second-order valence-electron chi connectivity index (χ2n) is 4.74. The Kier molecular flexibility index (Phi) is 3.01. The van der Waals surface area contributed by atoms with Gasteiger partial charge in [0.25, 0.3) is 0 Å². The fraction of sp³-hybridized carbons (Fsp3) is 0.462. The molecule has 0 saturated carbocycles. The molecule has 0 unspecified atom stereocenters. The van der Waals surface area contributed by atoms with E-state index in [0.29, 0.717) is 13.2 Å². The first kappa shape index (κ1) is 12.0. The predicted octanol–water partition coefficient (Wildman–Crippen LogP) is 1.48. The second-order valence-corrected chi connectivity index (χ2v) is 5.18. The summed E-state index contributed by atoms with van der Waals surface area (Å²) in [5.41, 5.74) is 2.21. The number of ether oxygens (including phenoxy) is 1. The van der Waals surface area contributed by atoms with E-state index in [1.807, 2.05) is 25.1 Å². The lowest BCUT2D eigenvalue weighted by atomic mass is 10.1. The van der Waals surface area contributed by atoms with Gasteiger partial charge >= 0.3 is 0 Å². The Balaban J connectivity index is 1.94. The zero-order valence-electron chi connectivity index (χ0n) is 10.1. The predicted molar refractivity (Wildman–Crippen MR) is 68.4 cm³/mol. The largest absolute Gasteiger partial charge is 0.378 e. The van der Waals surface area contributed by atoms with Crippen molar-refractivity contribution < 1.29 is 9.53 Å². The molecule has 5 heteroatoms. The van der Waals surface area contributed by atoms with Gasteiger partial charge in [0.2, 0.25) is 5.91 Å². The summed E-state index contributed by atoms with van der Waals surface area (Å²) >= 11 is 5.97. The summed E-state index contributed by atoms with van der Waals surface area (Å²) in [7, 11) is 0. The summed E-state index contributed by atoms with van der Waals surface area (Å²) in [5.74, 6) is 0.0500. The van der Waals surface area contributed by atoms with Crippen LogP contribution in [0.1, 0.15) is 17.3 Å². The molecular formula is C13H15ClN2O2. The van der Waals surface area contributed by atoms with E-state index >= 15 is 0 Å². The topological polar surface area (TPSA) is 41.6 Å². The first-order valence-corrected chi connectivity index (χ1v) is 6.44. The van der Waals surface area contributed by atoms with Crippen molar-refractivity contribution in [2.45, 2.75) is 19.1 Å². The fourth-order valence-corrected chi connectivity index (χ4v) is 2.89. The van der Waals surface area contributed by atoms with Gasteiger partial charge in [0.1, 0.15) is 12.2 Å². The third kappa shape index (κ3) is 1.90. The Labute approximate surface area is 111 Å². The summed E-state index contributed by atoms with van der Waals surface area (Å²) < 4.78 is 5.36. The SMILES string of the molecule is Cc1cc(Cl)ccc1[C@H]1NC(=O)[C@H]2COCCN21. The summed E-state index contributed by atoms with van der Waals surface area (Å²) in [5, 5.41) is 3.76. The van der Waals surface area contributed by atoms with Crippen LogP contribution in [0, 0.1) is 6.92 Å². The molecule has 1 aromatic rings. The van der Waals surface area contributed by atoms with E-state index in [9.17, 15) is 4.79 Å². The third-order valence-corrected chi connectivity index (χ3v) is 3.84. The number of carbonyl (C=O) groups excluding carboxylic acids is 1. The van der Waals surface area contributed by atoms with Crippen molar-refractivity contribution in [1.29, 1.82) is 0 Å². The molecule has 2 saturated heterocycles. The number of nitrogens with zero attached hydrogens (tertiary/aromatic N) is 1. The summed E-state index contributed by atoms with van der Waals surface area (Å²) in [6.45, 7) is 3.95. The highest BCUT2D eigenvalue weighted by atomic mass is 35.5. The van der Waals surface area contributed by atoms with Gasteiger partial charge in [-0.25, -0.2) is 0 Å². The molecule has 1 aromatic carbocycles. The van der Waals surface area contributed by atoms with Gasteiger partial charge in [0.05, 0.1) is 13.2 Å². The number of hydrogen-bond acceptors (Lipinski definition) is 3. The molecule has 0 spiro atoms. The lowest BCUT2D eigenvalue weighted by molar-refractivity contribution is -0.125. The van der Waals surface area contributed by atoms with Gasteiger partial charge in [-0.3, -0.25) is 9.69 Å². The molecule has 0 aliphatic carbocycles. The molecule has 4 nitrogen and oxygen atoms in total. The maximum atomic E-state index is 11.9. The molecule has 2 heterocycles. The van der Waals surface area contributed by atoms with Crippen LogP contribution in [0.4, 0.5) is 0 Å². The van der Waals surface area contributed by atoms with Crippen molar-refractivity contribution in [3.05, 3.63) is 34.3 Å². The Morgan fingerprint density at radius 1 is 1.50 bits per heavy atom. The van der Waals surface area contributed by atoms with Crippen LogP contribution < -0.4 is 5.32 Å². The Morgan fingerprint density at radius 3 is 3.11 bits per heavy atom. The van der Waals surface area contributed by atoms with E-state index in [1.165, 1.54) is 0 Å². The zero-order valence-corrected chi connectivity index (χ0v) is 10.9. The quantitative estimate of drug-likeness (QED) is 0.837. The molecular weight excluding hydrogens is 252 g/mol. The average molecular weight is 267 g/mol. The van der Waals surface area contributed by atoms with Gasteiger partial charge in [-0.15, -0.1) is 0 Å². The number of rotatable bonds is 1. The highest BCUT2D eigenvalue weighted by molar-refractivity contribution is 6.30. The molecule has 2 atom stereocenters. The molecule has 0 aromatic heterocycles. The van der Waals surface area contributed by atoms with Gasteiger partial charge in [0.15, 0.2) is 0 Å². The minimum absolute atomic E-state index is 0.0500. The van der Waals surface area contributed by atoms with Gasteiger partial charge < -0.3 is 10.1 Å². The van der Waals surface area contributed by atoms with Crippen molar-refractivity contribution in [2.75, 3.05) is 19.8 Å². The minimum Gasteiger partial charge on any atom is -0.378 e. The maximum absolute atomic E-state index is 11.9. The van der Waals surface area contributed by atoms with Gasteiger partial charge in [-0.05, 0) is 30.2 Å². The van der Waals surface area contributed by atoms with E-state index in [2.05, 4.69) is 10.2 Å². The molecule has 2 aliphatic heterocycles. The Morgan fingerprint density at radius 2 is 2.33 bits per heavy atom. The smallest absolute Gasteiger partial charge is 0.241 e. The Bertz CT molecular complexity index is 492. The van der Waals surface area contributed by atoms with Crippen molar-refractivity contribution in [1.82, 2.24) is 10.2 Å². The first-order valence-electron chi connectivity index (χ1n) is 6.07. The lowest BCUT2D eigenvalue weighted by Crippen LogP contribution is -2.44. The van der Waals surface area contributed by atoms with Crippen LogP contribution in [-0.2, 0) is 9.53 Å². The summed E-state index contributed by atoms with van der Waals surface area (Å²) in [4.78, 5) is 14.1. The molecule has 96 valence electrons. The molecule has 0 bridgehead atoms. The third-order valence-electron chi connectivity index (χ3n) is 3.61. The number of halogens is 1. The van der Waals surface area contributed by atoms with E-state index < -0.39 is 0 Å². The zero-order chi connectivity index (χ0) is 12.7. The fourth-order valence-electron chi connectivity index (χ4n) is 2.67. The number of nitrogens with one attached hydrogen (secondary N) is 1. The van der Waals surface area contributed by atoms with Crippen LogP contribution >= 0.6 is 11.6 Å². The molecule has 1 amide bonds. The monoisotopic (exact) mass is 266 g/mol. The highest BCUT2D eigenvalue weighted by Crippen LogP contribution is 2.30. The van der Waals surface area contributed by atoms with Gasteiger partial charge in [-0.2, -0.15) is 0 Å². The van der Waals surface area contributed by atoms with E-state index in [0.717, 1.165) is 22.7 Å². The van der Waals surface area contributed by atoms with Gasteiger partial charge in [0, 0.05) is 11.6 Å². The number of carbonyl (C=O) groups is 1. The van der Waals surface area contributed by atoms with Gasteiger partial charge in [-0.1, -0.05) is 17.7 Å². The average Bonchev–Trinajstić information content (AvgIpc) is 2.68. The second kappa shape index (κ2) is 4.53. The molecule has 2 aliphatic rings. The number of hydrogen-bond donors (Lipinski definition) is 1. The number of morpholine rings is 1. The van der Waals surface area contributed by atoms with Crippen LogP contribution in [-0.4, -0.2) is 36.6 Å². The molecule has 0 radical (unpaired) electrons. The molecule has 18 heavy (non-hydrogen) atoms. The van der Waals surface area contributed by atoms with Crippen LogP contribution in [0.15, 0.2) is 18.2 Å². The van der Waals surface area contributed by atoms with Crippen molar-refractivity contribution >= 4 is 17.5 Å². The van der Waals surface area contributed by atoms with E-state index in [4.69, 9.17) is 16.3 Å². The van der Waals surface area contributed by atoms with E-state index in [1.54, 1.807) is 0 Å². The maximum Gasteiger partial charge on any atom is 0.241 e. The molecule has 2 fully saturated rings.